The van der Waals surface area contributed by atoms with Crippen LogP contribution in [0.25, 0.3) is 11.0 Å². The largest absolute Gasteiger partial charge is 0.368 e. The molecule has 168 valence electrons. The van der Waals surface area contributed by atoms with Crippen molar-refractivity contribution in [2.24, 2.45) is 5.41 Å². The molecule has 33 heavy (non-hydrogen) atoms. The lowest BCUT2D eigenvalue weighted by molar-refractivity contribution is 0.120. The van der Waals surface area contributed by atoms with E-state index in [4.69, 9.17) is 0 Å². The second kappa shape index (κ2) is 7.52. The third kappa shape index (κ3) is 3.33. The van der Waals surface area contributed by atoms with E-state index < -0.39 is 0 Å². The summed E-state index contributed by atoms with van der Waals surface area (Å²) >= 11 is 0. The van der Waals surface area contributed by atoms with Gasteiger partial charge in [0.05, 0.1) is 5.69 Å². The van der Waals surface area contributed by atoms with Crippen LogP contribution in [0.3, 0.4) is 0 Å². The highest BCUT2D eigenvalue weighted by atomic mass is 19.1. The molecule has 0 unspecified atom stereocenters. The van der Waals surface area contributed by atoms with Gasteiger partial charge >= 0.3 is 0 Å². The number of halogens is 1. The Balaban J connectivity index is 1.30. The van der Waals surface area contributed by atoms with Crippen LogP contribution in [0.4, 0.5) is 21.7 Å². The van der Waals surface area contributed by atoms with Crippen LogP contribution in [0.15, 0.2) is 35.3 Å². The first kappa shape index (κ1) is 20.1. The Labute approximate surface area is 190 Å². The zero-order chi connectivity index (χ0) is 22.6. The molecule has 1 saturated carbocycles. The standard InChI is InChI=1S/C24H24FN7O/c25-19-8-17(5-6-20(19)31-13-24(14-31)11-27-12-24)29-23-28-10-16-7-15(9-26)22(33)32(21(16)30-23)18-3-1-2-4-18/h5-8,10,18,27H,1-4,11-14H2,(H,28,29,30). The fourth-order valence-electron chi connectivity index (χ4n) is 5.37. The Hall–Kier alpha value is -3.51. The predicted molar refractivity (Wildman–Crippen MR) is 123 cm³/mol. The van der Waals surface area contributed by atoms with E-state index in [9.17, 15) is 14.4 Å². The molecule has 2 N–H and O–H groups in total. The maximum absolute atomic E-state index is 14.8. The number of nitrogens with one attached hydrogen (secondary N) is 2. The minimum atomic E-state index is -0.314. The van der Waals surface area contributed by atoms with Gasteiger partial charge in [-0.15, -0.1) is 0 Å². The van der Waals surface area contributed by atoms with Crippen molar-refractivity contribution in [3.63, 3.8) is 0 Å². The van der Waals surface area contributed by atoms with Gasteiger partial charge in [-0.2, -0.15) is 10.2 Å². The SMILES string of the molecule is N#Cc1cc2cnc(Nc3ccc(N4CC5(CNC5)C4)c(F)c3)nc2n(C2CCCC2)c1=O. The van der Waals surface area contributed by atoms with Crippen LogP contribution in [0.1, 0.15) is 37.3 Å². The highest BCUT2D eigenvalue weighted by Crippen LogP contribution is 2.39. The Morgan fingerprint density at radius 2 is 2.00 bits per heavy atom. The van der Waals surface area contributed by atoms with E-state index in [1.165, 1.54) is 6.07 Å². The quantitative estimate of drug-likeness (QED) is 0.637. The molecule has 0 bridgehead atoms. The minimum absolute atomic E-state index is 0.0264. The Bertz CT molecular complexity index is 1340. The summed E-state index contributed by atoms with van der Waals surface area (Å²) in [5, 5.41) is 16.4. The molecule has 3 aliphatic rings. The first-order chi connectivity index (χ1) is 16.0. The van der Waals surface area contributed by atoms with Crippen molar-refractivity contribution in [2.75, 3.05) is 36.4 Å². The van der Waals surface area contributed by atoms with Crippen LogP contribution in [-0.2, 0) is 0 Å². The molecule has 1 spiro atoms. The van der Waals surface area contributed by atoms with E-state index in [0.717, 1.165) is 51.9 Å². The lowest BCUT2D eigenvalue weighted by atomic mass is 9.74. The molecular weight excluding hydrogens is 421 g/mol. The fraction of sp³-hybridized carbons (Fsp3) is 0.417. The number of rotatable bonds is 4. The van der Waals surface area contributed by atoms with Crippen LogP contribution >= 0.6 is 0 Å². The maximum atomic E-state index is 14.8. The number of hydrogen-bond donors (Lipinski definition) is 2. The summed E-state index contributed by atoms with van der Waals surface area (Å²) in [6.07, 6.45) is 5.47. The van der Waals surface area contributed by atoms with E-state index in [0.29, 0.717) is 27.8 Å². The van der Waals surface area contributed by atoms with E-state index in [-0.39, 0.29) is 28.9 Å². The summed E-state index contributed by atoms with van der Waals surface area (Å²) in [6.45, 7) is 3.76. The summed E-state index contributed by atoms with van der Waals surface area (Å²) in [5.74, 6) is -0.00148. The van der Waals surface area contributed by atoms with E-state index in [2.05, 4.69) is 25.5 Å². The molecule has 6 rings (SSSR count). The third-order valence-electron chi connectivity index (χ3n) is 7.18. The summed E-state index contributed by atoms with van der Waals surface area (Å²) in [7, 11) is 0. The molecule has 3 aromatic rings. The van der Waals surface area contributed by atoms with Gasteiger partial charge in [0.2, 0.25) is 5.95 Å². The highest BCUT2D eigenvalue weighted by Gasteiger charge is 2.48. The van der Waals surface area contributed by atoms with Gasteiger partial charge in [0.15, 0.2) is 0 Å². The second-order valence-corrected chi connectivity index (χ2v) is 9.51. The number of benzene rings is 1. The van der Waals surface area contributed by atoms with Crippen molar-refractivity contribution in [1.82, 2.24) is 19.9 Å². The van der Waals surface area contributed by atoms with Crippen molar-refractivity contribution in [3.8, 4) is 6.07 Å². The number of aromatic nitrogens is 3. The molecule has 2 saturated heterocycles. The van der Waals surface area contributed by atoms with Crippen LogP contribution in [0, 0.1) is 22.6 Å². The van der Waals surface area contributed by atoms with Gasteiger partial charge in [-0.05, 0) is 37.1 Å². The molecule has 1 aliphatic carbocycles. The number of anilines is 3. The molecule has 0 amide bonds. The van der Waals surface area contributed by atoms with Crippen LogP contribution in [-0.4, -0.2) is 40.7 Å². The van der Waals surface area contributed by atoms with Crippen LogP contribution < -0.4 is 21.1 Å². The predicted octanol–water partition coefficient (Wildman–Crippen LogP) is 3.07. The van der Waals surface area contributed by atoms with Crippen molar-refractivity contribution >= 4 is 28.4 Å². The van der Waals surface area contributed by atoms with Gasteiger partial charge in [-0.3, -0.25) is 9.36 Å². The summed E-state index contributed by atoms with van der Waals surface area (Å²) < 4.78 is 16.5. The lowest BCUT2D eigenvalue weighted by Gasteiger charge is -2.57. The normalized spacial score (nSPS) is 19.3. The Kier molecular flexibility index (Phi) is 4.59. The number of fused-ring (bicyclic) bond motifs is 1. The number of nitrogens with zero attached hydrogens (tertiary/aromatic N) is 5. The van der Waals surface area contributed by atoms with Gasteiger partial charge in [-0.1, -0.05) is 12.8 Å². The highest BCUT2D eigenvalue weighted by molar-refractivity contribution is 5.77. The smallest absolute Gasteiger partial charge is 0.270 e. The summed E-state index contributed by atoms with van der Waals surface area (Å²) in [4.78, 5) is 23.9. The zero-order valence-corrected chi connectivity index (χ0v) is 18.1. The number of nitriles is 1. The van der Waals surface area contributed by atoms with Gasteiger partial charge in [0.25, 0.3) is 5.56 Å². The molecule has 9 heteroatoms. The number of pyridine rings is 1. The first-order valence-electron chi connectivity index (χ1n) is 11.4. The summed E-state index contributed by atoms with van der Waals surface area (Å²) in [6, 6.07) is 8.62. The molecule has 0 atom stereocenters. The maximum Gasteiger partial charge on any atom is 0.270 e. The van der Waals surface area contributed by atoms with Crippen LogP contribution in [0.5, 0.6) is 0 Å². The molecular formula is C24H24FN7O. The third-order valence-corrected chi connectivity index (χ3v) is 7.18. The van der Waals surface area contributed by atoms with Gasteiger partial charge in [0.1, 0.15) is 23.1 Å². The average Bonchev–Trinajstić information content (AvgIpc) is 3.27. The fourth-order valence-corrected chi connectivity index (χ4v) is 5.37. The van der Waals surface area contributed by atoms with E-state index >= 15 is 0 Å². The number of hydrogen-bond acceptors (Lipinski definition) is 7. The zero-order valence-electron chi connectivity index (χ0n) is 18.1. The van der Waals surface area contributed by atoms with Gasteiger partial charge in [0, 0.05) is 54.9 Å². The molecule has 8 nitrogen and oxygen atoms in total. The van der Waals surface area contributed by atoms with Crippen molar-refractivity contribution in [2.45, 2.75) is 31.7 Å². The monoisotopic (exact) mass is 445 g/mol. The first-order valence-corrected chi connectivity index (χ1v) is 11.4. The molecule has 3 fully saturated rings. The van der Waals surface area contributed by atoms with Crippen molar-refractivity contribution < 1.29 is 4.39 Å². The Morgan fingerprint density at radius 1 is 1.21 bits per heavy atom. The van der Waals surface area contributed by atoms with Crippen molar-refractivity contribution in [1.29, 1.82) is 5.26 Å². The second-order valence-electron chi connectivity index (χ2n) is 9.51. The molecule has 1 aromatic carbocycles. The van der Waals surface area contributed by atoms with E-state index in [1.54, 1.807) is 22.9 Å². The lowest BCUT2D eigenvalue weighted by Crippen LogP contribution is -2.71. The molecule has 2 aliphatic heterocycles. The van der Waals surface area contributed by atoms with Gasteiger partial charge < -0.3 is 15.5 Å². The molecule has 2 aromatic heterocycles. The average molecular weight is 446 g/mol. The summed E-state index contributed by atoms with van der Waals surface area (Å²) in [5.41, 5.74) is 1.76. The van der Waals surface area contributed by atoms with E-state index in [1.807, 2.05) is 12.1 Å². The van der Waals surface area contributed by atoms with Gasteiger partial charge in [-0.25, -0.2) is 9.37 Å². The molecule has 4 heterocycles. The Morgan fingerprint density at radius 3 is 2.67 bits per heavy atom. The molecule has 0 radical (unpaired) electrons. The minimum Gasteiger partial charge on any atom is -0.368 e. The topological polar surface area (TPSA) is 98.9 Å². The van der Waals surface area contributed by atoms with Crippen molar-refractivity contribution in [3.05, 3.63) is 52.2 Å². The van der Waals surface area contributed by atoms with Crippen LogP contribution in [0.2, 0.25) is 0 Å².